The minimum absolute atomic E-state index is 0. The van der Waals surface area contributed by atoms with Crippen LogP contribution in [0.25, 0.3) is 0 Å². The van der Waals surface area contributed by atoms with Crippen LogP contribution in [0.3, 0.4) is 0 Å². The van der Waals surface area contributed by atoms with Gasteiger partial charge in [-0.05, 0) is 31.0 Å². The third-order valence-corrected chi connectivity index (χ3v) is 5.21. The Balaban J connectivity index is 0.00000341. The van der Waals surface area contributed by atoms with Gasteiger partial charge in [0, 0.05) is 44.5 Å². The summed E-state index contributed by atoms with van der Waals surface area (Å²) in [6, 6.07) is 12.4. The quantitative estimate of drug-likeness (QED) is 0.219. The summed E-state index contributed by atoms with van der Waals surface area (Å²) >= 11 is 0. The van der Waals surface area contributed by atoms with Crippen LogP contribution in [0, 0.1) is 0 Å². The highest BCUT2D eigenvalue weighted by molar-refractivity contribution is 14.0. The van der Waals surface area contributed by atoms with Gasteiger partial charge in [-0.3, -0.25) is 4.99 Å². The molecule has 8 heteroatoms. The highest BCUT2D eigenvalue weighted by Crippen LogP contribution is 2.30. The van der Waals surface area contributed by atoms with Crippen LogP contribution in [0.1, 0.15) is 31.7 Å². The number of aliphatic imine (C=N–C) groups is 1. The second-order valence-electron chi connectivity index (χ2n) is 7.34. The second kappa shape index (κ2) is 13.2. The lowest BCUT2D eigenvalue weighted by Gasteiger charge is -2.22. The number of guanidine groups is 1. The Morgan fingerprint density at radius 2 is 2.10 bits per heavy atom. The average molecular weight is 539 g/mol. The molecule has 2 N–H and O–H groups in total. The van der Waals surface area contributed by atoms with Crippen molar-refractivity contribution in [2.24, 2.45) is 4.99 Å². The molecule has 1 saturated heterocycles. The Hall–Kier alpha value is -2.23. The van der Waals surface area contributed by atoms with Crippen molar-refractivity contribution in [3.63, 3.8) is 0 Å². The molecule has 1 atom stereocenters. The standard InChI is InChI=1S/C23H33N5O2.HI/c1-4-5-15-30-22-18(9-8-13-25-22)16-26-23(24-2)27-19-12-14-28(17-19)20-10-6-7-11-21(20)29-3;/h6-11,13,19H,4-5,12,14-17H2,1-3H3,(H2,24,26,27);1H. The lowest BCUT2D eigenvalue weighted by atomic mass is 10.2. The molecule has 0 radical (unpaired) electrons. The third kappa shape index (κ3) is 7.15. The zero-order chi connectivity index (χ0) is 21.2. The van der Waals surface area contributed by atoms with E-state index in [9.17, 15) is 0 Å². The molecule has 0 amide bonds. The molecule has 1 aliphatic rings. The number of anilines is 1. The molecular weight excluding hydrogens is 505 g/mol. The molecule has 2 heterocycles. The summed E-state index contributed by atoms with van der Waals surface area (Å²) in [6.07, 6.45) is 4.93. The van der Waals surface area contributed by atoms with Gasteiger partial charge in [0.1, 0.15) is 5.75 Å². The maximum absolute atomic E-state index is 5.83. The van der Waals surface area contributed by atoms with Crippen LogP contribution in [-0.4, -0.2) is 50.8 Å². The second-order valence-corrected chi connectivity index (χ2v) is 7.34. The molecule has 1 aromatic carbocycles. The van der Waals surface area contributed by atoms with Crippen molar-refractivity contribution >= 4 is 35.6 Å². The lowest BCUT2D eigenvalue weighted by Crippen LogP contribution is -2.44. The van der Waals surface area contributed by atoms with Gasteiger partial charge in [-0.25, -0.2) is 4.98 Å². The van der Waals surface area contributed by atoms with Crippen molar-refractivity contribution in [3.05, 3.63) is 48.2 Å². The summed E-state index contributed by atoms with van der Waals surface area (Å²) in [7, 11) is 3.51. The Labute approximate surface area is 202 Å². The Bertz CT molecular complexity index is 833. The molecule has 0 bridgehead atoms. The summed E-state index contributed by atoms with van der Waals surface area (Å²) in [5.74, 6) is 2.38. The molecule has 0 saturated carbocycles. The Kier molecular flexibility index (Phi) is 10.7. The normalized spacial score (nSPS) is 15.9. The number of rotatable bonds is 9. The number of halogens is 1. The zero-order valence-electron chi connectivity index (χ0n) is 18.6. The fourth-order valence-electron chi connectivity index (χ4n) is 3.56. The van der Waals surface area contributed by atoms with E-state index in [1.807, 2.05) is 30.3 Å². The summed E-state index contributed by atoms with van der Waals surface area (Å²) in [5, 5.41) is 6.94. The number of para-hydroxylation sites is 2. The molecule has 7 nitrogen and oxygen atoms in total. The van der Waals surface area contributed by atoms with E-state index in [4.69, 9.17) is 9.47 Å². The third-order valence-electron chi connectivity index (χ3n) is 5.21. The predicted octanol–water partition coefficient (Wildman–Crippen LogP) is 3.83. The van der Waals surface area contributed by atoms with Crippen LogP contribution in [0.2, 0.25) is 0 Å². The van der Waals surface area contributed by atoms with E-state index in [1.54, 1.807) is 20.4 Å². The fourth-order valence-corrected chi connectivity index (χ4v) is 3.56. The monoisotopic (exact) mass is 539 g/mol. The molecule has 1 fully saturated rings. The van der Waals surface area contributed by atoms with Crippen LogP contribution in [0.15, 0.2) is 47.6 Å². The van der Waals surface area contributed by atoms with E-state index in [0.29, 0.717) is 25.1 Å². The van der Waals surface area contributed by atoms with Gasteiger partial charge in [-0.1, -0.05) is 31.5 Å². The summed E-state index contributed by atoms with van der Waals surface area (Å²) < 4.78 is 11.3. The van der Waals surface area contributed by atoms with E-state index < -0.39 is 0 Å². The SMILES string of the molecule is CCCCOc1ncccc1CNC(=NC)NC1CCN(c2ccccc2OC)C1.I. The number of pyridine rings is 1. The number of aromatic nitrogens is 1. The maximum Gasteiger partial charge on any atom is 0.218 e. The van der Waals surface area contributed by atoms with Gasteiger partial charge in [-0.2, -0.15) is 0 Å². The molecule has 1 aromatic heterocycles. The van der Waals surface area contributed by atoms with Crippen molar-refractivity contribution in [3.8, 4) is 11.6 Å². The molecule has 31 heavy (non-hydrogen) atoms. The van der Waals surface area contributed by atoms with Crippen LogP contribution >= 0.6 is 24.0 Å². The number of ether oxygens (including phenoxy) is 2. The number of unbranched alkanes of at least 4 members (excludes halogenated alkanes) is 1. The van der Waals surface area contributed by atoms with E-state index in [1.165, 1.54) is 0 Å². The number of nitrogens with one attached hydrogen (secondary N) is 2. The van der Waals surface area contributed by atoms with Gasteiger partial charge >= 0.3 is 0 Å². The lowest BCUT2D eigenvalue weighted by molar-refractivity contribution is 0.294. The Morgan fingerprint density at radius 3 is 2.87 bits per heavy atom. The smallest absolute Gasteiger partial charge is 0.218 e. The average Bonchev–Trinajstić information content (AvgIpc) is 3.26. The van der Waals surface area contributed by atoms with Crippen molar-refractivity contribution < 1.29 is 9.47 Å². The van der Waals surface area contributed by atoms with E-state index in [2.05, 4.69) is 38.5 Å². The number of benzene rings is 1. The van der Waals surface area contributed by atoms with Gasteiger partial charge < -0.3 is 25.0 Å². The molecule has 0 spiro atoms. The molecule has 1 aliphatic heterocycles. The van der Waals surface area contributed by atoms with Gasteiger partial charge in [0.15, 0.2) is 5.96 Å². The highest BCUT2D eigenvalue weighted by Gasteiger charge is 2.25. The molecular formula is C23H34IN5O2. The van der Waals surface area contributed by atoms with E-state index in [0.717, 1.165) is 55.3 Å². The van der Waals surface area contributed by atoms with Gasteiger partial charge in [0.2, 0.25) is 5.88 Å². The highest BCUT2D eigenvalue weighted by atomic mass is 127. The summed E-state index contributed by atoms with van der Waals surface area (Å²) in [5.41, 5.74) is 2.16. The van der Waals surface area contributed by atoms with Crippen LogP contribution in [0.4, 0.5) is 5.69 Å². The maximum atomic E-state index is 5.83. The first-order valence-electron chi connectivity index (χ1n) is 10.7. The Morgan fingerprint density at radius 1 is 1.26 bits per heavy atom. The molecule has 170 valence electrons. The minimum atomic E-state index is 0. The topological polar surface area (TPSA) is 71.0 Å². The van der Waals surface area contributed by atoms with Crippen molar-refractivity contribution in [1.82, 2.24) is 15.6 Å². The van der Waals surface area contributed by atoms with Crippen LogP contribution in [-0.2, 0) is 6.54 Å². The van der Waals surface area contributed by atoms with E-state index >= 15 is 0 Å². The number of methoxy groups -OCH3 is 1. The number of nitrogens with zero attached hydrogens (tertiary/aromatic N) is 3. The largest absolute Gasteiger partial charge is 0.495 e. The number of hydrogen-bond acceptors (Lipinski definition) is 5. The first-order valence-corrected chi connectivity index (χ1v) is 10.7. The predicted molar refractivity (Wildman–Crippen MR) is 137 cm³/mol. The fraction of sp³-hybridized carbons (Fsp3) is 0.478. The zero-order valence-corrected chi connectivity index (χ0v) is 21.0. The molecule has 2 aromatic rings. The van der Waals surface area contributed by atoms with Crippen molar-refractivity contribution in [1.29, 1.82) is 0 Å². The molecule has 1 unspecified atom stereocenters. The summed E-state index contributed by atoms with van der Waals surface area (Å²) in [6.45, 7) is 5.33. The first kappa shape index (κ1) is 25.0. The van der Waals surface area contributed by atoms with Gasteiger partial charge in [0.05, 0.1) is 19.4 Å². The first-order chi connectivity index (χ1) is 14.7. The molecule has 0 aliphatic carbocycles. The van der Waals surface area contributed by atoms with Crippen LogP contribution in [0.5, 0.6) is 11.6 Å². The van der Waals surface area contributed by atoms with Gasteiger partial charge in [-0.15, -0.1) is 24.0 Å². The van der Waals surface area contributed by atoms with Crippen molar-refractivity contribution in [2.75, 3.05) is 38.8 Å². The van der Waals surface area contributed by atoms with E-state index in [-0.39, 0.29) is 24.0 Å². The molecule has 3 rings (SSSR count). The van der Waals surface area contributed by atoms with Crippen molar-refractivity contribution in [2.45, 2.75) is 38.8 Å². The number of hydrogen-bond donors (Lipinski definition) is 2. The minimum Gasteiger partial charge on any atom is -0.495 e. The van der Waals surface area contributed by atoms with Gasteiger partial charge in [0.25, 0.3) is 0 Å². The van der Waals surface area contributed by atoms with Crippen LogP contribution < -0.4 is 25.0 Å². The summed E-state index contributed by atoms with van der Waals surface area (Å²) in [4.78, 5) is 11.1.